The molecule has 3 rings (SSSR count). The van der Waals surface area contributed by atoms with Crippen LogP contribution in [-0.4, -0.2) is 36.1 Å². The van der Waals surface area contributed by atoms with Crippen molar-refractivity contribution in [1.82, 2.24) is 19.6 Å². The van der Waals surface area contributed by atoms with Gasteiger partial charge in [-0.05, 0) is 39.0 Å². The van der Waals surface area contributed by atoms with E-state index in [4.69, 9.17) is 0 Å². The van der Waals surface area contributed by atoms with E-state index < -0.39 is 10.0 Å². The average Bonchev–Trinajstić information content (AvgIpc) is 2.94. The lowest BCUT2D eigenvalue weighted by molar-refractivity contribution is 0.345. The Bertz CT molecular complexity index is 598. The molecule has 0 aliphatic carbocycles. The van der Waals surface area contributed by atoms with E-state index in [1.54, 1.807) is 6.20 Å². The molecule has 0 aromatic carbocycles. The summed E-state index contributed by atoms with van der Waals surface area (Å²) in [5, 5.41) is 3.67. The summed E-state index contributed by atoms with van der Waals surface area (Å²) >= 11 is 0. The zero-order valence-corrected chi connectivity index (χ0v) is 13.5. The first-order chi connectivity index (χ1) is 9.98. The molecular weight excluding hydrogens is 288 g/mol. The number of nitrogens with zero attached hydrogens (tertiary/aromatic N) is 2. The normalized spacial score (nSPS) is 29.0. The molecule has 118 valence electrons. The van der Waals surface area contributed by atoms with Gasteiger partial charge in [-0.2, -0.15) is 0 Å². The fraction of sp³-hybridized carbons (Fsp3) is 0.786. The lowest BCUT2D eigenvalue weighted by atomic mass is 10.0. The Kier molecular flexibility index (Phi) is 4.07. The van der Waals surface area contributed by atoms with Gasteiger partial charge in [-0.1, -0.05) is 6.92 Å². The number of rotatable bonds is 5. The van der Waals surface area contributed by atoms with Crippen LogP contribution in [0.4, 0.5) is 0 Å². The van der Waals surface area contributed by atoms with Gasteiger partial charge >= 0.3 is 0 Å². The molecule has 2 N–H and O–H groups in total. The van der Waals surface area contributed by atoms with Crippen LogP contribution in [0.5, 0.6) is 0 Å². The van der Waals surface area contributed by atoms with Crippen LogP contribution in [0.15, 0.2) is 11.2 Å². The molecule has 2 aliphatic heterocycles. The summed E-state index contributed by atoms with van der Waals surface area (Å²) in [6, 6.07) is 0.969. The van der Waals surface area contributed by atoms with Gasteiger partial charge in [-0.15, -0.1) is 0 Å². The van der Waals surface area contributed by atoms with Crippen LogP contribution in [0.3, 0.4) is 0 Å². The highest BCUT2D eigenvalue weighted by atomic mass is 32.2. The molecule has 0 radical (unpaired) electrons. The molecule has 6 nitrogen and oxygen atoms in total. The second kappa shape index (κ2) is 5.70. The second-order valence-electron chi connectivity index (χ2n) is 6.25. The molecule has 2 aliphatic rings. The highest BCUT2D eigenvalue weighted by molar-refractivity contribution is 7.89. The van der Waals surface area contributed by atoms with Gasteiger partial charge in [-0.25, -0.2) is 18.1 Å². The smallest absolute Gasteiger partial charge is 0.259 e. The molecule has 0 saturated carbocycles. The largest absolute Gasteiger partial charge is 0.334 e. The summed E-state index contributed by atoms with van der Waals surface area (Å²) in [7, 11) is -3.51. The topological polar surface area (TPSA) is 76.0 Å². The zero-order chi connectivity index (χ0) is 15.0. The Balaban J connectivity index is 1.73. The maximum absolute atomic E-state index is 12.5. The van der Waals surface area contributed by atoms with Crippen molar-refractivity contribution in [3.8, 4) is 0 Å². The van der Waals surface area contributed by atoms with Crippen LogP contribution >= 0.6 is 0 Å². The predicted octanol–water partition coefficient (Wildman–Crippen LogP) is 1.16. The molecule has 21 heavy (non-hydrogen) atoms. The molecule has 2 saturated heterocycles. The minimum absolute atomic E-state index is 0.0328. The van der Waals surface area contributed by atoms with Crippen molar-refractivity contribution in [1.29, 1.82) is 0 Å². The third kappa shape index (κ3) is 3.14. The van der Waals surface area contributed by atoms with Gasteiger partial charge in [0.05, 0.1) is 0 Å². The molecule has 0 amide bonds. The molecule has 0 spiro atoms. The number of sulfonamides is 1. The van der Waals surface area contributed by atoms with Gasteiger partial charge in [0, 0.05) is 30.9 Å². The number of piperidine rings is 1. The number of hydrogen-bond acceptors (Lipinski definition) is 4. The number of hydrogen-bond donors (Lipinski definition) is 2. The molecular formula is C14H24N4O2S. The zero-order valence-electron chi connectivity index (χ0n) is 12.7. The van der Waals surface area contributed by atoms with E-state index in [0.29, 0.717) is 12.1 Å². The second-order valence-corrected chi connectivity index (χ2v) is 7.91. The fourth-order valence-corrected chi connectivity index (χ4v) is 4.78. The maximum Gasteiger partial charge on any atom is 0.259 e. The van der Waals surface area contributed by atoms with E-state index in [2.05, 4.69) is 21.9 Å². The summed E-state index contributed by atoms with van der Waals surface area (Å²) in [6.45, 7) is 4.71. The molecule has 2 atom stereocenters. The maximum atomic E-state index is 12.5. The first kappa shape index (κ1) is 15.0. The van der Waals surface area contributed by atoms with Gasteiger partial charge in [0.2, 0.25) is 0 Å². The Labute approximate surface area is 126 Å². The Morgan fingerprint density at radius 1 is 1.38 bits per heavy atom. The quantitative estimate of drug-likeness (QED) is 0.855. The Morgan fingerprint density at radius 2 is 2.05 bits per heavy atom. The van der Waals surface area contributed by atoms with Crippen molar-refractivity contribution < 1.29 is 8.42 Å². The third-order valence-electron chi connectivity index (χ3n) is 4.49. The number of aromatic nitrogens is 2. The highest BCUT2D eigenvalue weighted by Gasteiger charge is 2.35. The molecule has 2 bridgehead atoms. The molecule has 1 aromatic rings. The summed E-state index contributed by atoms with van der Waals surface area (Å²) in [5.74, 6) is 0.752. The van der Waals surface area contributed by atoms with Gasteiger partial charge in [0.15, 0.2) is 5.03 Å². The van der Waals surface area contributed by atoms with Crippen LogP contribution in [0.25, 0.3) is 0 Å². The van der Waals surface area contributed by atoms with E-state index in [0.717, 1.165) is 44.5 Å². The average molecular weight is 312 g/mol. The number of aryl methyl sites for hydroxylation is 2. The summed E-state index contributed by atoms with van der Waals surface area (Å²) < 4.78 is 29.7. The lowest BCUT2D eigenvalue weighted by Gasteiger charge is -2.29. The monoisotopic (exact) mass is 312 g/mol. The van der Waals surface area contributed by atoms with E-state index in [9.17, 15) is 8.42 Å². The van der Waals surface area contributed by atoms with Crippen molar-refractivity contribution in [2.24, 2.45) is 0 Å². The van der Waals surface area contributed by atoms with Gasteiger partial charge in [-0.3, -0.25) is 0 Å². The van der Waals surface area contributed by atoms with Crippen LogP contribution < -0.4 is 10.0 Å². The molecule has 7 heteroatoms. The third-order valence-corrected chi connectivity index (χ3v) is 5.88. The Morgan fingerprint density at radius 3 is 2.67 bits per heavy atom. The standard InChI is InChI=1S/C14H24N4O2S/c1-3-6-18-9-14(15-10(18)2)21(19,20)17-13-7-11-4-5-12(8-13)16-11/h9,11-13,16-17H,3-8H2,1-2H3. The van der Waals surface area contributed by atoms with Crippen LogP contribution in [-0.2, 0) is 16.6 Å². The minimum atomic E-state index is -3.51. The fourth-order valence-electron chi connectivity index (χ4n) is 3.51. The van der Waals surface area contributed by atoms with Crippen molar-refractivity contribution in [3.63, 3.8) is 0 Å². The highest BCUT2D eigenvalue weighted by Crippen LogP contribution is 2.27. The molecule has 2 unspecified atom stereocenters. The SMILES string of the molecule is CCCn1cc(S(=O)(=O)NC2CC3CCC(C2)N3)nc1C. The molecule has 1 aromatic heterocycles. The van der Waals surface area contributed by atoms with Crippen LogP contribution in [0.2, 0.25) is 0 Å². The van der Waals surface area contributed by atoms with E-state index >= 15 is 0 Å². The predicted molar refractivity (Wildman–Crippen MR) is 80.5 cm³/mol. The van der Waals surface area contributed by atoms with E-state index in [1.807, 2.05) is 11.5 Å². The molecule has 3 heterocycles. The number of nitrogens with one attached hydrogen (secondary N) is 2. The first-order valence-corrected chi connectivity index (χ1v) is 9.28. The van der Waals surface area contributed by atoms with Crippen molar-refractivity contribution >= 4 is 10.0 Å². The van der Waals surface area contributed by atoms with Gasteiger partial charge < -0.3 is 9.88 Å². The Hall–Kier alpha value is -0.920. The van der Waals surface area contributed by atoms with Crippen molar-refractivity contribution in [2.75, 3.05) is 0 Å². The van der Waals surface area contributed by atoms with Crippen LogP contribution in [0.1, 0.15) is 44.9 Å². The van der Waals surface area contributed by atoms with E-state index in [-0.39, 0.29) is 11.1 Å². The van der Waals surface area contributed by atoms with Crippen molar-refractivity contribution in [3.05, 3.63) is 12.0 Å². The summed E-state index contributed by atoms with van der Waals surface area (Å²) in [6.07, 6.45) is 6.69. The number of imidazole rings is 1. The lowest BCUT2D eigenvalue weighted by Crippen LogP contribution is -2.47. The van der Waals surface area contributed by atoms with Gasteiger partial charge in [0.25, 0.3) is 10.0 Å². The van der Waals surface area contributed by atoms with Crippen molar-refractivity contribution in [2.45, 2.75) is 75.6 Å². The van der Waals surface area contributed by atoms with Crippen LogP contribution in [0, 0.1) is 6.92 Å². The molecule has 2 fully saturated rings. The minimum Gasteiger partial charge on any atom is -0.334 e. The number of fused-ring (bicyclic) bond motifs is 2. The summed E-state index contributed by atoms with van der Waals surface area (Å²) in [4.78, 5) is 4.22. The van der Waals surface area contributed by atoms with Gasteiger partial charge in [0.1, 0.15) is 5.82 Å². The summed E-state index contributed by atoms with van der Waals surface area (Å²) in [5.41, 5.74) is 0. The first-order valence-electron chi connectivity index (χ1n) is 7.80. The van der Waals surface area contributed by atoms with E-state index in [1.165, 1.54) is 0 Å².